The van der Waals surface area contributed by atoms with Crippen LogP contribution in [-0.2, 0) is 6.54 Å². The van der Waals surface area contributed by atoms with Gasteiger partial charge in [-0.3, -0.25) is 0 Å². The van der Waals surface area contributed by atoms with E-state index < -0.39 is 6.10 Å². The number of hydrogen-bond donors (Lipinski definition) is 3. The second-order valence-electron chi connectivity index (χ2n) is 2.82. The quantitative estimate of drug-likeness (QED) is 0.601. The van der Waals surface area contributed by atoms with Crippen LogP contribution in [0.25, 0.3) is 0 Å². The first-order valence-corrected chi connectivity index (χ1v) is 5.32. The summed E-state index contributed by atoms with van der Waals surface area (Å²) in [7, 11) is 0. The lowest BCUT2D eigenvalue weighted by Crippen LogP contribution is -2.15. The van der Waals surface area contributed by atoms with E-state index in [2.05, 4.69) is 4.98 Å². The third kappa shape index (κ3) is 3.26. The summed E-state index contributed by atoms with van der Waals surface area (Å²) in [5.41, 5.74) is 6.49. The molecule has 0 saturated carbocycles. The molecule has 0 saturated heterocycles. The number of nitrogens with zero attached hydrogens (tertiary/aromatic N) is 1. The van der Waals surface area contributed by atoms with Crippen molar-refractivity contribution in [2.24, 2.45) is 5.73 Å². The Kier molecular flexibility index (Phi) is 4.89. The van der Waals surface area contributed by atoms with E-state index in [1.165, 1.54) is 11.8 Å². The second-order valence-corrected chi connectivity index (χ2v) is 3.83. The molecule has 1 atom stereocenters. The minimum Gasteiger partial charge on any atom is -0.394 e. The maximum atomic E-state index is 9.15. The van der Waals surface area contributed by atoms with Gasteiger partial charge in [0.2, 0.25) is 0 Å². The van der Waals surface area contributed by atoms with Gasteiger partial charge in [-0.2, -0.15) is 0 Å². The molecule has 14 heavy (non-hydrogen) atoms. The molecule has 1 heterocycles. The van der Waals surface area contributed by atoms with E-state index >= 15 is 0 Å². The monoisotopic (exact) mass is 214 g/mol. The topological polar surface area (TPSA) is 79.4 Å². The Morgan fingerprint density at radius 1 is 1.57 bits per heavy atom. The molecule has 0 bridgehead atoms. The third-order valence-corrected chi connectivity index (χ3v) is 2.89. The van der Waals surface area contributed by atoms with Gasteiger partial charge < -0.3 is 15.9 Å². The van der Waals surface area contributed by atoms with Crippen LogP contribution >= 0.6 is 11.8 Å². The van der Waals surface area contributed by atoms with Gasteiger partial charge in [-0.05, 0) is 11.6 Å². The normalized spacial score (nSPS) is 12.8. The summed E-state index contributed by atoms with van der Waals surface area (Å²) < 4.78 is 0. The van der Waals surface area contributed by atoms with Crippen molar-refractivity contribution in [2.45, 2.75) is 17.7 Å². The van der Waals surface area contributed by atoms with Gasteiger partial charge in [-0.15, -0.1) is 11.8 Å². The summed E-state index contributed by atoms with van der Waals surface area (Å²) in [5, 5.41) is 18.6. The smallest absolute Gasteiger partial charge is 0.101 e. The summed E-state index contributed by atoms with van der Waals surface area (Å²) >= 11 is 1.40. The number of aromatic nitrogens is 1. The molecular formula is C9H14N2O2S. The van der Waals surface area contributed by atoms with Crippen LogP contribution in [0.5, 0.6) is 0 Å². The number of rotatable bonds is 5. The predicted molar refractivity (Wildman–Crippen MR) is 55.9 cm³/mol. The molecule has 0 aliphatic carbocycles. The Hall–Kier alpha value is -0.620. The summed E-state index contributed by atoms with van der Waals surface area (Å²) in [5.74, 6) is 0.431. The van der Waals surface area contributed by atoms with E-state index in [1.807, 2.05) is 12.1 Å². The molecule has 4 nitrogen and oxygen atoms in total. The van der Waals surface area contributed by atoms with Crippen LogP contribution in [0.2, 0.25) is 0 Å². The first kappa shape index (κ1) is 11.5. The molecule has 0 fully saturated rings. The molecule has 1 unspecified atom stereocenters. The average molecular weight is 214 g/mol. The number of pyridine rings is 1. The van der Waals surface area contributed by atoms with Gasteiger partial charge in [-0.25, -0.2) is 4.98 Å². The number of nitrogens with two attached hydrogens (primary N) is 1. The fourth-order valence-corrected chi connectivity index (χ4v) is 1.87. The molecule has 0 aromatic carbocycles. The maximum absolute atomic E-state index is 9.15. The predicted octanol–water partition coefficient (Wildman–Crippen LogP) is -0.0144. The highest BCUT2D eigenvalue weighted by Gasteiger charge is 2.06. The Labute approximate surface area is 87.2 Å². The third-order valence-electron chi connectivity index (χ3n) is 1.69. The van der Waals surface area contributed by atoms with Gasteiger partial charge in [-0.1, -0.05) is 6.07 Å². The van der Waals surface area contributed by atoms with Gasteiger partial charge in [0.05, 0.1) is 12.7 Å². The molecule has 5 heteroatoms. The molecule has 0 aliphatic heterocycles. The van der Waals surface area contributed by atoms with Crippen LogP contribution < -0.4 is 5.73 Å². The lowest BCUT2D eigenvalue weighted by atomic mass is 10.3. The fourth-order valence-electron chi connectivity index (χ4n) is 0.937. The highest BCUT2D eigenvalue weighted by atomic mass is 32.2. The molecule has 0 aliphatic rings. The molecule has 0 radical (unpaired) electrons. The molecule has 0 spiro atoms. The Morgan fingerprint density at radius 3 is 3.00 bits per heavy atom. The lowest BCUT2D eigenvalue weighted by molar-refractivity contribution is 0.113. The van der Waals surface area contributed by atoms with E-state index in [0.717, 1.165) is 10.6 Å². The average Bonchev–Trinajstić information content (AvgIpc) is 2.26. The van der Waals surface area contributed by atoms with Gasteiger partial charge >= 0.3 is 0 Å². The number of aliphatic hydroxyl groups excluding tert-OH is 2. The Balaban J connectivity index is 2.57. The first-order valence-electron chi connectivity index (χ1n) is 4.33. The van der Waals surface area contributed by atoms with Crippen molar-refractivity contribution in [2.75, 3.05) is 12.4 Å². The summed E-state index contributed by atoms with van der Waals surface area (Å²) in [6.45, 7) is 0.211. The molecule has 1 rings (SSSR count). The SMILES string of the molecule is NCc1cccnc1SCC(O)CO. The standard InChI is InChI=1S/C9H14N2O2S/c10-4-7-2-1-3-11-9(7)14-6-8(13)5-12/h1-3,8,12-13H,4-6,10H2. The number of thioether (sulfide) groups is 1. The van der Waals surface area contributed by atoms with Crippen LogP contribution in [0.15, 0.2) is 23.4 Å². The zero-order chi connectivity index (χ0) is 10.4. The van der Waals surface area contributed by atoms with Crippen molar-refractivity contribution in [3.05, 3.63) is 23.9 Å². The maximum Gasteiger partial charge on any atom is 0.101 e. The van der Waals surface area contributed by atoms with E-state index in [0.29, 0.717) is 12.3 Å². The zero-order valence-corrected chi connectivity index (χ0v) is 8.57. The van der Waals surface area contributed by atoms with Crippen LogP contribution in [0.1, 0.15) is 5.56 Å². The lowest BCUT2D eigenvalue weighted by Gasteiger charge is -2.08. The van der Waals surface area contributed by atoms with E-state index in [-0.39, 0.29) is 6.61 Å². The summed E-state index contributed by atoms with van der Waals surface area (Å²) in [6.07, 6.45) is 0.986. The van der Waals surface area contributed by atoms with Gasteiger partial charge in [0.25, 0.3) is 0 Å². The fraction of sp³-hybridized carbons (Fsp3) is 0.444. The van der Waals surface area contributed by atoms with Crippen molar-refractivity contribution in [3.8, 4) is 0 Å². The molecule has 78 valence electrons. The van der Waals surface area contributed by atoms with E-state index in [1.54, 1.807) is 6.20 Å². The van der Waals surface area contributed by atoms with Gasteiger partial charge in [0, 0.05) is 18.5 Å². The first-order chi connectivity index (χ1) is 6.77. The van der Waals surface area contributed by atoms with Crippen molar-refractivity contribution in [1.82, 2.24) is 4.98 Å². The highest BCUT2D eigenvalue weighted by Crippen LogP contribution is 2.19. The van der Waals surface area contributed by atoms with Crippen LogP contribution in [0.3, 0.4) is 0 Å². The largest absolute Gasteiger partial charge is 0.394 e. The van der Waals surface area contributed by atoms with E-state index in [4.69, 9.17) is 15.9 Å². The molecule has 4 N–H and O–H groups in total. The zero-order valence-electron chi connectivity index (χ0n) is 7.76. The Morgan fingerprint density at radius 2 is 2.36 bits per heavy atom. The van der Waals surface area contributed by atoms with Gasteiger partial charge in [0.15, 0.2) is 0 Å². The molecular weight excluding hydrogens is 200 g/mol. The minimum absolute atomic E-state index is 0.224. The van der Waals surface area contributed by atoms with Crippen LogP contribution in [0.4, 0.5) is 0 Å². The molecule has 1 aromatic heterocycles. The second kappa shape index (κ2) is 5.98. The highest BCUT2D eigenvalue weighted by molar-refractivity contribution is 7.99. The van der Waals surface area contributed by atoms with Crippen molar-refractivity contribution >= 4 is 11.8 Å². The Bertz CT molecular complexity index is 283. The van der Waals surface area contributed by atoms with Crippen molar-refractivity contribution in [1.29, 1.82) is 0 Å². The summed E-state index contributed by atoms with van der Waals surface area (Å²) in [4.78, 5) is 4.15. The van der Waals surface area contributed by atoms with E-state index in [9.17, 15) is 0 Å². The number of hydrogen-bond acceptors (Lipinski definition) is 5. The summed E-state index contributed by atoms with van der Waals surface area (Å²) in [6, 6.07) is 3.73. The number of aliphatic hydroxyl groups is 2. The van der Waals surface area contributed by atoms with Crippen LogP contribution in [-0.4, -0.2) is 33.7 Å². The van der Waals surface area contributed by atoms with Crippen LogP contribution in [0, 0.1) is 0 Å². The van der Waals surface area contributed by atoms with Gasteiger partial charge in [0.1, 0.15) is 5.03 Å². The van der Waals surface area contributed by atoms with Crippen molar-refractivity contribution < 1.29 is 10.2 Å². The van der Waals surface area contributed by atoms with Crippen molar-refractivity contribution in [3.63, 3.8) is 0 Å². The minimum atomic E-state index is -0.701. The molecule has 1 aromatic rings. The molecule has 0 amide bonds.